The molecule has 4 nitrogen and oxygen atoms in total. The van der Waals surface area contributed by atoms with Gasteiger partial charge in [-0.25, -0.2) is 0 Å². The number of rotatable bonds is 10. The number of ether oxygens (including phenoxy) is 1. The number of aromatic carboxylic acids is 1. The maximum absolute atomic E-state index is 10.6. The number of carboxylic acid groups (broad SMARTS) is 1. The van der Waals surface area contributed by atoms with Crippen LogP contribution in [0.15, 0.2) is 24.3 Å². The van der Waals surface area contributed by atoms with Crippen LogP contribution in [0.1, 0.15) is 42.1 Å². The molecule has 2 N–H and O–H groups in total. The first-order chi connectivity index (χ1) is 9.24. The molecule has 19 heavy (non-hydrogen) atoms. The molecule has 4 heteroatoms. The van der Waals surface area contributed by atoms with E-state index in [-0.39, 0.29) is 5.56 Å². The fourth-order valence-corrected chi connectivity index (χ4v) is 1.72. The standard InChI is InChI=1S/C15H23NO3/c1-2-3-10-19-11-4-9-16-12-13-5-7-14(8-6-13)15(17)18/h5-8,16H,2-4,9-12H2,1H3,(H,17,18). The van der Waals surface area contributed by atoms with Crippen molar-refractivity contribution in [2.75, 3.05) is 19.8 Å². The van der Waals surface area contributed by atoms with E-state index in [1.807, 2.05) is 12.1 Å². The largest absolute Gasteiger partial charge is 0.545 e. The van der Waals surface area contributed by atoms with Crippen molar-refractivity contribution < 1.29 is 20.0 Å². The Balaban J connectivity index is 2.07. The molecule has 1 rings (SSSR count). The summed E-state index contributed by atoms with van der Waals surface area (Å²) in [7, 11) is 0. The number of unbranched alkanes of at least 4 members (excludes halogenated alkanes) is 1. The van der Waals surface area contributed by atoms with Gasteiger partial charge >= 0.3 is 0 Å². The molecule has 0 spiro atoms. The summed E-state index contributed by atoms with van der Waals surface area (Å²) in [5, 5.41) is 12.8. The van der Waals surface area contributed by atoms with E-state index < -0.39 is 5.97 Å². The highest BCUT2D eigenvalue weighted by atomic mass is 16.5. The van der Waals surface area contributed by atoms with Gasteiger partial charge in [0.2, 0.25) is 0 Å². The Morgan fingerprint density at radius 1 is 1.21 bits per heavy atom. The van der Waals surface area contributed by atoms with E-state index in [0.29, 0.717) is 0 Å². The molecule has 0 radical (unpaired) electrons. The molecule has 1 aromatic carbocycles. The minimum atomic E-state index is -1.13. The smallest absolute Gasteiger partial charge is 0.101 e. The molecule has 0 aromatic heterocycles. The van der Waals surface area contributed by atoms with Crippen molar-refractivity contribution in [2.45, 2.75) is 32.7 Å². The second kappa shape index (κ2) is 9.53. The fourth-order valence-electron chi connectivity index (χ4n) is 1.72. The normalized spacial score (nSPS) is 10.6. The van der Waals surface area contributed by atoms with E-state index in [1.54, 1.807) is 12.1 Å². The molecule has 0 saturated carbocycles. The second-order valence-corrected chi connectivity index (χ2v) is 4.59. The third-order valence-electron chi connectivity index (χ3n) is 2.91. The molecule has 0 aliphatic heterocycles. The highest BCUT2D eigenvalue weighted by molar-refractivity contribution is 5.85. The van der Waals surface area contributed by atoms with Crippen molar-refractivity contribution in [1.29, 1.82) is 0 Å². The maximum Gasteiger partial charge on any atom is 0.101 e. The average molecular weight is 265 g/mol. The van der Waals surface area contributed by atoms with Crippen LogP contribution in [-0.4, -0.2) is 25.7 Å². The number of benzene rings is 1. The van der Waals surface area contributed by atoms with Crippen LogP contribution >= 0.6 is 0 Å². The molecule has 0 heterocycles. The first-order valence-electron chi connectivity index (χ1n) is 6.93. The Hall–Kier alpha value is -1.39. The van der Waals surface area contributed by atoms with E-state index in [0.717, 1.165) is 44.7 Å². The zero-order chi connectivity index (χ0) is 13.9. The Kier molecular flexibility index (Phi) is 7.86. The van der Waals surface area contributed by atoms with Gasteiger partial charge in [-0.1, -0.05) is 37.6 Å². The van der Waals surface area contributed by atoms with Crippen molar-refractivity contribution in [3.05, 3.63) is 35.4 Å². The number of carbonyl (C=O) groups excluding carboxylic acids is 1. The molecule has 106 valence electrons. The van der Waals surface area contributed by atoms with Crippen LogP contribution in [0.25, 0.3) is 0 Å². The maximum atomic E-state index is 10.6. The summed E-state index contributed by atoms with van der Waals surface area (Å²) in [6, 6.07) is 6.84. The summed E-state index contributed by atoms with van der Waals surface area (Å²) in [5.41, 5.74) is 1.35. The van der Waals surface area contributed by atoms with Crippen molar-refractivity contribution in [1.82, 2.24) is 0 Å². The van der Waals surface area contributed by atoms with Gasteiger partial charge in [-0.3, -0.25) is 0 Å². The zero-order valence-electron chi connectivity index (χ0n) is 11.6. The van der Waals surface area contributed by atoms with Gasteiger partial charge in [0.05, 0.1) is 19.1 Å². The summed E-state index contributed by atoms with van der Waals surface area (Å²) in [6.07, 6.45) is 3.35. The first kappa shape index (κ1) is 15.7. The van der Waals surface area contributed by atoms with Crippen LogP contribution in [0.5, 0.6) is 0 Å². The SMILES string of the molecule is CCCCOCCC[NH2+]Cc1ccc(C(=O)[O-])cc1. The van der Waals surface area contributed by atoms with Crippen LogP contribution in [-0.2, 0) is 11.3 Å². The minimum absolute atomic E-state index is 0.230. The lowest BCUT2D eigenvalue weighted by Gasteiger charge is -2.05. The van der Waals surface area contributed by atoms with Crippen LogP contribution in [0.3, 0.4) is 0 Å². The van der Waals surface area contributed by atoms with Crippen LogP contribution in [0.2, 0.25) is 0 Å². The number of quaternary nitrogens is 1. The Morgan fingerprint density at radius 3 is 2.53 bits per heavy atom. The minimum Gasteiger partial charge on any atom is -0.545 e. The highest BCUT2D eigenvalue weighted by Crippen LogP contribution is 2.01. The molecule has 0 bridgehead atoms. The van der Waals surface area contributed by atoms with Gasteiger partial charge in [-0.15, -0.1) is 0 Å². The molecule has 0 saturated heterocycles. The number of hydrogen-bond acceptors (Lipinski definition) is 3. The van der Waals surface area contributed by atoms with Gasteiger partial charge in [0, 0.05) is 18.6 Å². The number of carboxylic acids is 1. The first-order valence-corrected chi connectivity index (χ1v) is 6.93. The third kappa shape index (κ3) is 6.94. The molecule has 0 atom stereocenters. The van der Waals surface area contributed by atoms with E-state index in [2.05, 4.69) is 12.2 Å². The molecule has 0 fully saturated rings. The Bertz CT molecular complexity index is 362. The lowest BCUT2D eigenvalue weighted by molar-refractivity contribution is -0.671. The van der Waals surface area contributed by atoms with E-state index in [9.17, 15) is 9.90 Å². The molecular weight excluding hydrogens is 242 g/mol. The summed E-state index contributed by atoms with van der Waals surface area (Å²) < 4.78 is 5.48. The summed E-state index contributed by atoms with van der Waals surface area (Å²) >= 11 is 0. The van der Waals surface area contributed by atoms with Crippen molar-refractivity contribution in [3.8, 4) is 0 Å². The molecule has 0 aliphatic rings. The fraction of sp³-hybridized carbons (Fsp3) is 0.533. The van der Waals surface area contributed by atoms with Gasteiger partial charge in [-0.05, 0) is 12.0 Å². The molecular formula is C15H23NO3. The zero-order valence-corrected chi connectivity index (χ0v) is 11.6. The Labute approximate surface area is 114 Å². The predicted molar refractivity (Wildman–Crippen MR) is 71.6 cm³/mol. The quantitative estimate of drug-likeness (QED) is 0.620. The topological polar surface area (TPSA) is 66.0 Å². The van der Waals surface area contributed by atoms with Gasteiger partial charge in [0.15, 0.2) is 0 Å². The predicted octanol–water partition coefficient (Wildman–Crippen LogP) is 0.320. The van der Waals surface area contributed by atoms with E-state index in [4.69, 9.17) is 4.74 Å². The number of hydrogen-bond donors (Lipinski definition) is 1. The van der Waals surface area contributed by atoms with Gasteiger partial charge in [0.1, 0.15) is 6.54 Å². The number of carbonyl (C=O) groups is 1. The monoisotopic (exact) mass is 265 g/mol. The van der Waals surface area contributed by atoms with Crippen molar-refractivity contribution in [2.24, 2.45) is 0 Å². The average Bonchev–Trinajstić information content (AvgIpc) is 2.42. The molecule has 1 aromatic rings. The molecule has 0 amide bonds. The highest BCUT2D eigenvalue weighted by Gasteiger charge is 1.98. The van der Waals surface area contributed by atoms with Crippen LogP contribution in [0, 0.1) is 0 Å². The summed E-state index contributed by atoms with van der Waals surface area (Å²) in [6.45, 7) is 5.72. The van der Waals surface area contributed by atoms with Crippen LogP contribution < -0.4 is 10.4 Å². The van der Waals surface area contributed by atoms with Gasteiger partial charge < -0.3 is 20.0 Å². The number of nitrogens with two attached hydrogens (primary N) is 1. The van der Waals surface area contributed by atoms with Crippen LogP contribution in [0.4, 0.5) is 0 Å². The third-order valence-corrected chi connectivity index (χ3v) is 2.91. The van der Waals surface area contributed by atoms with E-state index >= 15 is 0 Å². The van der Waals surface area contributed by atoms with Gasteiger partial charge in [0.25, 0.3) is 0 Å². The summed E-state index contributed by atoms with van der Waals surface area (Å²) in [5.74, 6) is -1.13. The van der Waals surface area contributed by atoms with Crippen molar-refractivity contribution in [3.63, 3.8) is 0 Å². The molecule has 0 aliphatic carbocycles. The van der Waals surface area contributed by atoms with Gasteiger partial charge in [-0.2, -0.15) is 0 Å². The summed E-state index contributed by atoms with van der Waals surface area (Å²) in [4.78, 5) is 10.6. The van der Waals surface area contributed by atoms with E-state index in [1.165, 1.54) is 6.42 Å². The lowest BCUT2D eigenvalue weighted by atomic mass is 10.1. The molecule has 0 unspecified atom stereocenters. The second-order valence-electron chi connectivity index (χ2n) is 4.59. The lowest BCUT2D eigenvalue weighted by Crippen LogP contribution is -2.82. The Morgan fingerprint density at radius 2 is 1.89 bits per heavy atom. The van der Waals surface area contributed by atoms with Crippen molar-refractivity contribution >= 4 is 5.97 Å².